The number of unbranched alkanes of at least 4 members (excludes halogenated alkanes) is 6. The molecule has 0 saturated heterocycles. The summed E-state index contributed by atoms with van der Waals surface area (Å²) in [7, 11) is 0. The first kappa shape index (κ1) is 33.3. The normalized spacial score (nSPS) is 10.6. The van der Waals surface area contributed by atoms with Gasteiger partial charge in [-0.25, -0.2) is 0 Å². The lowest BCUT2D eigenvalue weighted by molar-refractivity contribution is -0.0219. The molecule has 0 N–H and O–H groups in total. The van der Waals surface area contributed by atoms with Gasteiger partial charge in [-0.15, -0.1) is 11.6 Å². The maximum atomic E-state index is 5.60. The van der Waals surface area contributed by atoms with Crippen LogP contribution < -0.4 is 9.47 Å². The van der Waals surface area contributed by atoms with Crippen LogP contribution in [-0.4, -0.2) is 68.6 Å². The molecule has 0 aromatic carbocycles. The van der Waals surface area contributed by atoms with E-state index in [0.717, 1.165) is 57.8 Å². The molecule has 0 fully saturated rings. The van der Waals surface area contributed by atoms with Gasteiger partial charge in [0.1, 0.15) is 5.82 Å². The van der Waals surface area contributed by atoms with Crippen LogP contribution in [0, 0.1) is 0 Å². The van der Waals surface area contributed by atoms with Crippen molar-refractivity contribution in [3.05, 3.63) is 44.2 Å². The van der Waals surface area contributed by atoms with E-state index in [0.29, 0.717) is 38.7 Å². The number of aryl methyl sites for hydroxylation is 1. The number of nitrogens with zero attached hydrogens (tertiary/aromatic N) is 3. The fourth-order valence-corrected chi connectivity index (χ4v) is 2.98. The molecule has 0 aliphatic heterocycles. The van der Waals surface area contributed by atoms with E-state index in [1.807, 2.05) is 6.08 Å². The van der Waals surface area contributed by atoms with Gasteiger partial charge >= 0.3 is 12.0 Å². The number of hydrogen-bond donors (Lipinski definition) is 0. The molecule has 0 aliphatic carbocycles. The Balaban J connectivity index is 2.36. The molecule has 0 amide bonds. The van der Waals surface area contributed by atoms with Crippen LogP contribution in [0.5, 0.6) is 12.0 Å². The molecule has 0 atom stereocenters. The maximum Gasteiger partial charge on any atom is 0.325 e. The van der Waals surface area contributed by atoms with Gasteiger partial charge in [-0.2, -0.15) is 9.97 Å². The molecule has 11 nitrogen and oxygen atoms in total. The van der Waals surface area contributed by atoms with Gasteiger partial charge in [0.25, 0.3) is 0 Å². The number of aromatic nitrogens is 3. The average Bonchev–Trinajstić information content (AvgIpc) is 2.92. The van der Waals surface area contributed by atoms with Gasteiger partial charge in [0.15, 0.2) is 27.2 Å². The minimum Gasteiger partial charge on any atom is -0.476 e. The Hall–Kier alpha value is -2.73. The lowest BCUT2D eigenvalue weighted by Crippen LogP contribution is -2.12. The predicted molar refractivity (Wildman–Crippen MR) is 142 cm³/mol. The van der Waals surface area contributed by atoms with Crippen molar-refractivity contribution in [1.82, 2.24) is 15.0 Å². The molecule has 0 radical (unpaired) electrons. The van der Waals surface area contributed by atoms with Crippen LogP contribution in [0.1, 0.15) is 63.6 Å². The summed E-state index contributed by atoms with van der Waals surface area (Å²) in [4.78, 5) is 13.0. The number of rotatable bonds is 29. The highest BCUT2D eigenvalue weighted by molar-refractivity contribution is 5.05. The summed E-state index contributed by atoms with van der Waals surface area (Å²) < 4.78 is 42.6. The second-order valence-corrected chi connectivity index (χ2v) is 8.03. The lowest BCUT2D eigenvalue weighted by Gasteiger charge is -2.10. The third-order valence-corrected chi connectivity index (χ3v) is 4.94. The molecule has 216 valence electrons. The minimum atomic E-state index is 0.0291. The van der Waals surface area contributed by atoms with Crippen molar-refractivity contribution in [2.24, 2.45) is 0 Å². The van der Waals surface area contributed by atoms with E-state index in [9.17, 15) is 0 Å². The van der Waals surface area contributed by atoms with Crippen LogP contribution in [0.3, 0.4) is 0 Å². The Labute approximate surface area is 227 Å². The van der Waals surface area contributed by atoms with Crippen LogP contribution in [-0.2, 0) is 34.8 Å². The number of hydrogen-bond acceptors (Lipinski definition) is 11. The quantitative estimate of drug-likeness (QED) is 0.0587. The highest BCUT2D eigenvalue weighted by atomic mass is 16.7. The Bertz CT molecular complexity index is 677. The van der Waals surface area contributed by atoms with Crippen molar-refractivity contribution >= 4 is 0 Å². The summed E-state index contributed by atoms with van der Waals surface area (Å²) >= 11 is 0. The van der Waals surface area contributed by atoms with Gasteiger partial charge in [0, 0.05) is 6.42 Å². The van der Waals surface area contributed by atoms with Gasteiger partial charge in [-0.3, -0.25) is 0 Å². The van der Waals surface area contributed by atoms with Gasteiger partial charge < -0.3 is 37.9 Å². The molecular weight excluding hydrogens is 494 g/mol. The van der Waals surface area contributed by atoms with Crippen molar-refractivity contribution in [2.45, 2.75) is 64.2 Å². The second kappa shape index (κ2) is 25.9. The first-order valence-corrected chi connectivity index (χ1v) is 13.2. The molecule has 1 rings (SSSR count). The van der Waals surface area contributed by atoms with E-state index in [1.165, 1.54) is 12.5 Å². The van der Waals surface area contributed by atoms with Crippen LogP contribution >= 0.6 is 0 Å². The SMILES string of the molecule is C=CCCCCCCc1nc(OCOCCCCOCOC=C)nc(OCOCCCCOCOC=C)n1. The maximum absolute atomic E-state index is 5.60. The first-order chi connectivity index (χ1) is 18.8. The monoisotopic (exact) mass is 539 g/mol. The van der Waals surface area contributed by atoms with Gasteiger partial charge in [0.05, 0.1) is 39.0 Å². The third-order valence-electron chi connectivity index (χ3n) is 4.94. The molecule has 0 aliphatic rings. The summed E-state index contributed by atoms with van der Waals surface area (Å²) in [5, 5.41) is 0. The van der Waals surface area contributed by atoms with Crippen LogP contribution in [0.2, 0.25) is 0 Å². The van der Waals surface area contributed by atoms with Crippen LogP contribution in [0.25, 0.3) is 0 Å². The Morgan fingerprint density at radius 2 is 1.00 bits per heavy atom. The Morgan fingerprint density at radius 3 is 1.47 bits per heavy atom. The topological polar surface area (TPSA) is 113 Å². The molecule has 0 spiro atoms. The molecule has 0 bridgehead atoms. The average molecular weight is 540 g/mol. The van der Waals surface area contributed by atoms with Crippen molar-refractivity contribution in [1.29, 1.82) is 0 Å². The summed E-state index contributed by atoms with van der Waals surface area (Å²) in [5.74, 6) is 0.617. The standard InChI is InChI=1S/C27H45N3O8/c1-4-7-8-9-10-11-16-25-28-26(37-23-35-19-14-12-17-33-21-31-5-2)30-27(29-25)38-24-36-20-15-13-18-34-22-32-6-3/h4-6H,1-3,7-24H2. The molecule has 0 saturated carbocycles. The van der Waals surface area contributed by atoms with Gasteiger partial charge in [-0.1, -0.05) is 32.1 Å². The van der Waals surface area contributed by atoms with Gasteiger partial charge in [-0.05, 0) is 44.9 Å². The van der Waals surface area contributed by atoms with E-state index < -0.39 is 0 Å². The van der Waals surface area contributed by atoms with E-state index in [4.69, 9.17) is 37.9 Å². The number of allylic oxidation sites excluding steroid dienone is 1. The van der Waals surface area contributed by atoms with E-state index in [2.05, 4.69) is 34.7 Å². The second-order valence-electron chi connectivity index (χ2n) is 8.03. The summed E-state index contributed by atoms with van der Waals surface area (Å²) in [5.41, 5.74) is 0. The highest BCUT2D eigenvalue weighted by Gasteiger charge is 2.09. The fraction of sp³-hybridized carbons (Fsp3) is 0.667. The molecule has 1 aromatic rings. The zero-order chi connectivity index (χ0) is 27.4. The molecule has 1 heterocycles. The summed E-state index contributed by atoms with van der Waals surface area (Å²) in [6, 6.07) is 0.334. The minimum absolute atomic E-state index is 0.0291. The molecule has 0 unspecified atom stereocenters. The smallest absolute Gasteiger partial charge is 0.325 e. The van der Waals surface area contributed by atoms with Crippen LogP contribution in [0.4, 0.5) is 0 Å². The Morgan fingerprint density at radius 1 is 0.526 bits per heavy atom. The Kier molecular flexibility index (Phi) is 22.7. The van der Waals surface area contributed by atoms with Crippen LogP contribution in [0.15, 0.2) is 38.3 Å². The zero-order valence-corrected chi connectivity index (χ0v) is 22.7. The summed E-state index contributed by atoms with van der Waals surface area (Å²) in [6.07, 6.45) is 14.1. The molecule has 1 aromatic heterocycles. The summed E-state index contributed by atoms with van der Waals surface area (Å²) in [6.45, 7) is 13.4. The molecule has 11 heteroatoms. The van der Waals surface area contributed by atoms with E-state index in [-0.39, 0.29) is 39.2 Å². The van der Waals surface area contributed by atoms with E-state index >= 15 is 0 Å². The zero-order valence-electron chi connectivity index (χ0n) is 22.7. The third kappa shape index (κ3) is 20.3. The molecule has 38 heavy (non-hydrogen) atoms. The van der Waals surface area contributed by atoms with Crippen molar-refractivity contribution in [2.75, 3.05) is 53.6 Å². The highest BCUT2D eigenvalue weighted by Crippen LogP contribution is 2.13. The molecular formula is C27H45N3O8. The van der Waals surface area contributed by atoms with Crippen molar-refractivity contribution < 1.29 is 37.9 Å². The van der Waals surface area contributed by atoms with Gasteiger partial charge in [0.2, 0.25) is 0 Å². The first-order valence-electron chi connectivity index (χ1n) is 13.2. The van der Waals surface area contributed by atoms with Crippen molar-refractivity contribution in [3.8, 4) is 12.0 Å². The number of ether oxygens (including phenoxy) is 8. The fourth-order valence-electron chi connectivity index (χ4n) is 2.98. The largest absolute Gasteiger partial charge is 0.476 e. The van der Waals surface area contributed by atoms with E-state index in [1.54, 1.807) is 0 Å². The van der Waals surface area contributed by atoms with Crippen molar-refractivity contribution in [3.63, 3.8) is 0 Å². The predicted octanol–water partition coefficient (Wildman–Crippen LogP) is 5.09. The lowest BCUT2D eigenvalue weighted by atomic mass is 10.1.